The first-order chi connectivity index (χ1) is 18.7. The third-order valence-corrected chi connectivity index (χ3v) is 6.85. The molecule has 38 heavy (non-hydrogen) atoms. The molecule has 0 N–H and O–H groups in total. The number of hydrogen-bond donors (Lipinski definition) is 0. The molecule has 3 nitrogen and oxygen atoms in total. The molecule has 5 aromatic rings. The molecule has 1 aromatic heterocycles. The van der Waals surface area contributed by atoms with Crippen molar-refractivity contribution in [3.63, 3.8) is 0 Å². The van der Waals surface area contributed by atoms with Gasteiger partial charge in [-0.05, 0) is 30.5 Å². The SMILES string of the molecule is CCOC(c1ccccc1)c1c(C)oc(-c2ccccc2)c1CN(Cc1ccccc1)Cc1ccccc1. The molecule has 0 bridgehead atoms. The lowest BCUT2D eigenvalue weighted by Gasteiger charge is -2.25. The van der Waals surface area contributed by atoms with Gasteiger partial charge in [0.15, 0.2) is 0 Å². The van der Waals surface area contributed by atoms with Crippen molar-refractivity contribution in [2.45, 2.75) is 39.6 Å². The number of hydrogen-bond acceptors (Lipinski definition) is 3. The Morgan fingerprint density at radius 1 is 0.658 bits per heavy atom. The van der Waals surface area contributed by atoms with E-state index in [1.165, 1.54) is 16.7 Å². The van der Waals surface area contributed by atoms with Crippen molar-refractivity contribution < 1.29 is 9.15 Å². The highest BCUT2D eigenvalue weighted by Gasteiger charge is 2.28. The maximum Gasteiger partial charge on any atom is 0.139 e. The van der Waals surface area contributed by atoms with Crippen LogP contribution in [0.1, 0.15) is 46.6 Å². The smallest absolute Gasteiger partial charge is 0.139 e. The van der Waals surface area contributed by atoms with Crippen LogP contribution in [0.4, 0.5) is 0 Å². The second-order valence-electron chi connectivity index (χ2n) is 9.61. The van der Waals surface area contributed by atoms with E-state index in [1.54, 1.807) is 0 Å². The number of rotatable bonds is 11. The minimum atomic E-state index is -0.201. The van der Waals surface area contributed by atoms with E-state index in [0.29, 0.717) is 6.61 Å². The van der Waals surface area contributed by atoms with Crippen LogP contribution in [0.2, 0.25) is 0 Å². The summed E-state index contributed by atoms with van der Waals surface area (Å²) in [5.74, 6) is 1.82. The minimum absolute atomic E-state index is 0.201. The van der Waals surface area contributed by atoms with E-state index in [1.807, 2.05) is 12.1 Å². The quantitative estimate of drug-likeness (QED) is 0.181. The van der Waals surface area contributed by atoms with Crippen LogP contribution in [0.3, 0.4) is 0 Å². The van der Waals surface area contributed by atoms with E-state index >= 15 is 0 Å². The molecule has 0 saturated heterocycles. The Morgan fingerprint density at radius 3 is 1.68 bits per heavy atom. The molecule has 0 aliphatic heterocycles. The van der Waals surface area contributed by atoms with E-state index in [9.17, 15) is 0 Å². The summed E-state index contributed by atoms with van der Waals surface area (Å²) in [4.78, 5) is 2.50. The molecular weight excluding hydrogens is 466 g/mol. The molecule has 1 unspecified atom stereocenters. The Balaban J connectivity index is 1.61. The van der Waals surface area contributed by atoms with Gasteiger partial charge < -0.3 is 9.15 Å². The van der Waals surface area contributed by atoms with Gasteiger partial charge in [0.1, 0.15) is 17.6 Å². The average molecular weight is 502 g/mol. The highest BCUT2D eigenvalue weighted by Crippen LogP contribution is 2.40. The predicted octanol–water partition coefficient (Wildman–Crippen LogP) is 8.58. The van der Waals surface area contributed by atoms with Crippen LogP contribution in [-0.4, -0.2) is 11.5 Å². The van der Waals surface area contributed by atoms with Gasteiger partial charge in [-0.15, -0.1) is 0 Å². The van der Waals surface area contributed by atoms with Crippen LogP contribution in [-0.2, 0) is 24.4 Å². The Kier molecular flexibility index (Phi) is 8.49. The summed E-state index contributed by atoms with van der Waals surface area (Å²) in [7, 11) is 0. The zero-order valence-electron chi connectivity index (χ0n) is 22.2. The monoisotopic (exact) mass is 501 g/mol. The second kappa shape index (κ2) is 12.6. The summed E-state index contributed by atoms with van der Waals surface area (Å²) in [6.45, 7) is 7.13. The standard InChI is InChI=1S/C35H35NO2/c1-3-37-35(31-22-14-7-15-23-31)33-27(2)38-34(30-20-12-6-13-21-30)32(33)26-36(24-28-16-8-4-9-17-28)25-29-18-10-5-11-19-29/h4-23,35H,3,24-26H2,1-2H3. The molecule has 5 rings (SSSR count). The van der Waals surface area contributed by atoms with Gasteiger partial charge in [-0.2, -0.15) is 0 Å². The molecule has 0 spiro atoms. The van der Waals surface area contributed by atoms with Crippen molar-refractivity contribution in [3.05, 3.63) is 155 Å². The van der Waals surface area contributed by atoms with Gasteiger partial charge in [0.2, 0.25) is 0 Å². The Labute approximate surface area is 226 Å². The fourth-order valence-electron chi connectivity index (χ4n) is 5.14. The summed E-state index contributed by atoms with van der Waals surface area (Å²) < 4.78 is 13.0. The van der Waals surface area contributed by atoms with Crippen LogP contribution in [0.15, 0.2) is 126 Å². The molecule has 0 aliphatic carbocycles. The van der Waals surface area contributed by atoms with E-state index in [0.717, 1.165) is 47.8 Å². The van der Waals surface area contributed by atoms with Crippen LogP contribution < -0.4 is 0 Å². The summed E-state index contributed by atoms with van der Waals surface area (Å²) in [6.07, 6.45) is -0.201. The maximum absolute atomic E-state index is 6.58. The van der Waals surface area contributed by atoms with Gasteiger partial charge in [0, 0.05) is 42.9 Å². The molecule has 0 amide bonds. The predicted molar refractivity (Wildman–Crippen MR) is 155 cm³/mol. The lowest BCUT2D eigenvalue weighted by atomic mass is 9.95. The minimum Gasteiger partial charge on any atom is -0.461 e. The second-order valence-corrected chi connectivity index (χ2v) is 9.61. The van der Waals surface area contributed by atoms with Crippen molar-refractivity contribution in [2.75, 3.05) is 6.61 Å². The van der Waals surface area contributed by atoms with Gasteiger partial charge in [-0.1, -0.05) is 121 Å². The van der Waals surface area contributed by atoms with E-state index in [4.69, 9.17) is 9.15 Å². The van der Waals surface area contributed by atoms with Gasteiger partial charge in [0.05, 0.1) is 0 Å². The number of furan rings is 1. The molecule has 0 aliphatic rings. The highest BCUT2D eigenvalue weighted by molar-refractivity contribution is 5.65. The van der Waals surface area contributed by atoms with E-state index in [2.05, 4.69) is 128 Å². The van der Waals surface area contributed by atoms with Crippen LogP contribution in [0.5, 0.6) is 0 Å². The number of benzene rings is 4. The van der Waals surface area contributed by atoms with Crippen molar-refractivity contribution in [1.82, 2.24) is 4.90 Å². The van der Waals surface area contributed by atoms with Crippen molar-refractivity contribution in [3.8, 4) is 11.3 Å². The zero-order chi connectivity index (χ0) is 26.2. The number of ether oxygens (including phenoxy) is 1. The van der Waals surface area contributed by atoms with Crippen molar-refractivity contribution >= 4 is 0 Å². The molecule has 1 atom stereocenters. The van der Waals surface area contributed by atoms with Gasteiger partial charge in [0.25, 0.3) is 0 Å². The maximum atomic E-state index is 6.58. The molecule has 0 saturated carbocycles. The summed E-state index contributed by atoms with van der Waals surface area (Å²) >= 11 is 0. The zero-order valence-corrected chi connectivity index (χ0v) is 22.2. The summed E-state index contributed by atoms with van der Waals surface area (Å²) in [5, 5.41) is 0. The third kappa shape index (κ3) is 6.13. The molecule has 0 radical (unpaired) electrons. The lowest BCUT2D eigenvalue weighted by molar-refractivity contribution is 0.0890. The largest absolute Gasteiger partial charge is 0.461 e. The van der Waals surface area contributed by atoms with Crippen LogP contribution >= 0.6 is 0 Å². The van der Waals surface area contributed by atoms with Crippen molar-refractivity contribution in [2.24, 2.45) is 0 Å². The molecule has 4 aromatic carbocycles. The normalized spacial score (nSPS) is 12.1. The van der Waals surface area contributed by atoms with E-state index < -0.39 is 0 Å². The Bertz CT molecular complexity index is 1350. The number of aryl methyl sites for hydroxylation is 1. The first kappa shape index (κ1) is 25.7. The Hall–Kier alpha value is -3.92. The summed E-state index contributed by atoms with van der Waals surface area (Å²) in [6, 6.07) is 42.3. The topological polar surface area (TPSA) is 25.6 Å². The fourth-order valence-corrected chi connectivity index (χ4v) is 5.14. The van der Waals surface area contributed by atoms with Gasteiger partial charge in [-0.25, -0.2) is 0 Å². The Morgan fingerprint density at radius 2 is 1.16 bits per heavy atom. The molecule has 192 valence electrons. The molecule has 3 heteroatoms. The first-order valence-corrected chi connectivity index (χ1v) is 13.4. The van der Waals surface area contributed by atoms with Crippen LogP contribution in [0, 0.1) is 6.92 Å². The third-order valence-electron chi connectivity index (χ3n) is 6.85. The van der Waals surface area contributed by atoms with Crippen LogP contribution in [0.25, 0.3) is 11.3 Å². The average Bonchev–Trinajstić information content (AvgIpc) is 3.28. The highest BCUT2D eigenvalue weighted by atomic mass is 16.5. The molecule has 1 heterocycles. The number of nitrogens with zero attached hydrogens (tertiary/aromatic N) is 1. The van der Waals surface area contributed by atoms with Crippen molar-refractivity contribution in [1.29, 1.82) is 0 Å². The van der Waals surface area contributed by atoms with E-state index in [-0.39, 0.29) is 6.10 Å². The van der Waals surface area contributed by atoms with Gasteiger partial charge >= 0.3 is 0 Å². The van der Waals surface area contributed by atoms with Gasteiger partial charge in [-0.3, -0.25) is 4.90 Å². The summed E-state index contributed by atoms with van der Waals surface area (Å²) in [5.41, 5.74) is 7.11. The fraction of sp³-hybridized carbons (Fsp3) is 0.200. The molecule has 0 fully saturated rings. The first-order valence-electron chi connectivity index (χ1n) is 13.4. The molecular formula is C35H35NO2. The lowest BCUT2D eigenvalue weighted by Crippen LogP contribution is -2.24.